The number of carbonyl (C=O) groups excluding carboxylic acids is 1. The highest BCUT2D eigenvalue weighted by Crippen LogP contribution is 2.44. The second kappa shape index (κ2) is 7.92. The first-order valence-corrected chi connectivity index (χ1v) is 10.5. The Hall–Kier alpha value is -3.43. The number of hydrogen-bond acceptors (Lipinski definition) is 5. The lowest BCUT2D eigenvalue weighted by atomic mass is 10.0. The molecule has 4 heterocycles. The van der Waals surface area contributed by atoms with Crippen LogP contribution in [0.15, 0.2) is 59.3 Å². The summed E-state index contributed by atoms with van der Waals surface area (Å²) in [5.74, 6) is 0.143. The fourth-order valence-electron chi connectivity index (χ4n) is 4.37. The summed E-state index contributed by atoms with van der Waals surface area (Å²) in [7, 11) is 0. The molecule has 0 saturated carbocycles. The molecule has 2 aliphatic rings. The molecule has 10 heteroatoms. The molecule has 0 unspecified atom stereocenters. The van der Waals surface area contributed by atoms with Crippen LogP contribution in [0.3, 0.4) is 0 Å². The lowest BCUT2D eigenvalue weighted by Gasteiger charge is -2.36. The maximum atomic E-state index is 13.8. The van der Waals surface area contributed by atoms with Crippen LogP contribution in [0, 0.1) is 0 Å². The van der Waals surface area contributed by atoms with Crippen molar-refractivity contribution in [2.75, 3.05) is 36.4 Å². The van der Waals surface area contributed by atoms with E-state index >= 15 is 0 Å². The van der Waals surface area contributed by atoms with Crippen LogP contribution >= 0.6 is 0 Å². The van der Waals surface area contributed by atoms with Gasteiger partial charge in [0, 0.05) is 38.3 Å². The molecule has 0 radical (unpaired) electrons. The molecule has 1 fully saturated rings. The molecule has 0 aliphatic carbocycles. The van der Waals surface area contributed by atoms with Crippen molar-refractivity contribution < 1.29 is 22.4 Å². The van der Waals surface area contributed by atoms with Crippen molar-refractivity contribution in [3.63, 3.8) is 0 Å². The summed E-state index contributed by atoms with van der Waals surface area (Å²) < 4.78 is 47.6. The van der Waals surface area contributed by atoms with Gasteiger partial charge in [-0.2, -0.15) is 18.3 Å². The predicted octanol–water partition coefficient (Wildman–Crippen LogP) is 4.10. The third kappa shape index (κ3) is 3.69. The highest BCUT2D eigenvalue weighted by Gasteiger charge is 2.48. The Morgan fingerprint density at radius 3 is 2.47 bits per heavy atom. The van der Waals surface area contributed by atoms with Gasteiger partial charge in [0.15, 0.2) is 6.04 Å². The van der Waals surface area contributed by atoms with Gasteiger partial charge < -0.3 is 19.5 Å². The number of fused-ring (bicyclic) bond motifs is 1. The maximum absolute atomic E-state index is 13.8. The Balaban J connectivity index is 1.38. The highest BCUT2D eigenvalue weighted by molar-refractivity contribution is 5.99. The number of rotatable bonds is 3. The third-order valence-electron chi connectivity index (χ3n) is 6.04. The average Bonchev–Trinajstić information content (AvgIpc) is 3.48. The van der Waals surface area contributed by atoms with E-state index < -0.39 is 18.3 Å². The summed E-state index contributed by atoms with van der Waals surface area (Å²) in [6.45, 7) is 2.24. The van der Waals surface area contributed by atoms with Gasteiger partial charge in [-0.25, -0.2) is 4.68 Å². The Morgan fingerprint density at radius 1 is 1.06 bits per heavy atom. The minimum absolute atomic E-state index is 0.0791. The van der Waals surface area contributed by atoms with Gasteiger partial charge in [-0.3, -0.25) is 4.79 Å². The molecule has 0 spiro atoms. The van der Waals surface area contributed by atoms with Crippen molar-refractivity contribution in [2.24, 2.45) is 0 Å². The fourth-order valence-corrected chi connectivity index (χ4v) is 4.37. The summed E-state index contributed by atoms with van der Waals surface area (Å²) >= 11 is 0. The highest BCUT2D eigenvalue weighted by atomic mass is 19.4. The number of furan rings is 1. The van der Waals surface area contributed by atoms with Crippen molar-refractivity contribution in [3.05, 3.63) is 66.2 Å². The summed E-state index contributed by atoms with van der Waals surface area (Å²) in [6.07, 6.45) is -2.12. The number of aromatic nitrogens is 2. The van der Waals surface area contributed by atoms with E-state index in [1.54, 1.807) is 17.0 Å². The molecule has 2 atom stereocenters. The molecular formula is C22H22F3N5O2. The summed E-state index contributed by atoms with van der Waals surface area (Å²) in [6, 6.07) is 10.6. The molecule has 1 saturated heterocycles. The largest absolute Gasteiger partial charge is 0.467 e. The van der Waals surface area contributed by atoms with Gasteiger partial charge in [0.25, 0.3) is 5.91 Å². The normalized spacial score (nSPS) is 21.2. The van der Waals surface area contributed by atoms with Crippen LogP contribution in [-0.4, -0.2) is 52.9 Å². The van der Waals surface area contributed by atoms with Crippen LogP contribution in [-0.2, 0) is 0 Å². The second-order valence-corrected chi connectivity index (χ2v) is 7.97. The number of benzene rings is 1. The number of nitrogens with zero attached hydrogens (tertiary/aromatic N) is 4. The number of piperazine rings is 1. The van der Waals surface area contributed by atoms with Gasteiger partial charge in [0.1, 0.15) is 17.1 Å². The molecule has 1 amide bonds. The Kier molecular flexibility index (Phi) is 5.07. The third-order valence-corrected chi connectivity index (χ3v) is 6.04. The number of halogens is 3. The molecule has 1 N–H and O–H groups in total. The second-order valence-electron chi connectivity index (χ2n) is 7.97. The van der Waals surface area contributed by atoms with E-state index in [1.807, 2.05) is 30.3 Å². The monoisotopic (exact) mass is 445 g/mol. The number of alkyl halides is 3. The first-order chi connectivity index (χ1) is 15.4. The quantitative estimate of drug-likeness (QED) is 0.658. The molecule has 32 heavy (non-hydrogen) atoms. The summed E-state index contributed by atoms with van der Waals surface area (Å²) in [5.41, 5.74) is 1.22. The zero-order valence-corrected chi connectivity index (χ0v) is 17.1. The van der Waals surface area contributed by atoms with Crippen LogP contribution in [0.4, 0.5) is 24.7 Å². The van der Waals surface area contributed by atoms with Gasteiger partial charge in [-0.05, 0) is 24.3 Å². The lowest BCUT2D eigenvalue weighted by molar-refractivity contribution is -0.174. The minimum atomic E-state index is -4.50. The molecule has 2 aromatic heterocycles. The molecule has 7 nitrogen and oxygen atoms in total. The number of amides is 1. The SMILES string of the molecule is O=C(c1cnn2c1N[C@@H](c1ccco1)C[C@H]2C(F)(F)F)N1CCN(c2ccccc2)CC1. The van der Waals surface area contributed by atoms with E-state index in [2.05, 4.69) is 15.3 Å². The Labute approximate surface area is 182 Å². The molecule has 0 bridgehead atoms. The molecule has 168 valence electrons. The molecule has 1 aromatic carbocycles. The van der Waals surface area contributed by atoms with Crippen molar-refractivity contribution in [1.29, 1.82) is 0 Å². The van der Waals surface area contributed by atoms with E-state index in [0.29, 0.717) is 31.9 Å². The van der Waals surface area contributed by atoms with Gasteiger partial charge >= 0.3 is 6.18 Å². The topological polar surface area (TPSA) is 66.5 Å². The van der Waals surface area contributed by atoms with E-state index in [0.717, 1.165) is 10.4 Å². The van der Waals surface area contributed by atoms with E-state index in [4.69, 9.17) is 4.42 Å². The minimum Gasteiger partial charge on any atom is -0.467 e. The van der Waals surface area contributed by atoms with E-state index in [1.165, 1.54) is 12.5 Å². The molecule has 5 rings (SSSR count). The smallest absolute Gasteiger partial charge is 0.410 e. The van der Waals surface area contributed by atoms with Crippen LogP contribution in [0.25, 0.3) is 0 Å². The fraction of sp³-hybridized carbons (Fsp3) is 0.364. The van der Waals surface area contributed by atoms with Crippen LogP contribution < -0.4 is 10.2 Å². The standard InChI is InChI=1S/C22H22F3N5O2/c23-22(24,25)19-13-17(18-7-4-12-32-18)27-20-16(14-26-30(19)20)21(31)29-10-8-28(9-11-29)15-5-2-1-3-6-15/h1-7,12,14,17,19,27H,8-11,13H2/t17-,19+/m1/s1. The van der Waals surface area contributed by atoms with Crippen LogP contribution in [0.1, 0.15) is 34.6 Å². The lowest BCUT2D eigenvalue weighted by Crippen LogP contribution is -2.49. The number of carbonyl (C=O) groups is 1. The summed E-state index contributed by atoms with van der Waals surface area (Å²) in [5, 5.41) is 7.00. The zero-order valence-electron chi connectivity index (χ0n) is 17.1. The van der Waals surface area contributed by atoms with E-state index in [-0.39, 0.29) is 23.7 Å². The Bertz CT molecular complexity index is 1070. The number of anilines is 2. The van der Waals surface area contributed by atoms with E-state index in [9.17, 15) is 18.0 Å². The molecular weight excluding hydrogens is 423 g/mol. The number of para-hydroxylation sites is 1. The first kappa shape index (κ1) is 20.5. The zero-order chi connectivity index (χ0) is 22.3. The van der Waals surface area contributed by atoms with Gasteiger partial charge in [0.05, 0.1) is 18.5 Å². The number of nitrogens with one attached hydrogen (secondary N) is 1. The molecule has 3 aromatic rings. The summed E-state index contributed by atoms with van der Waals surface area (Å²) in [4.78, 5) is 17.1. The van der Waals surface area contributed by atoms with Gasteiger partial charge in [-0.1, -0.05) is 18.2 Å². The molecule has 2 aliphatic heterocycles. The van der Waals surface area contributed by atoms with Crippen LogP contribution in [0.5, 0.6) is 0 Å². The Morgan fingerprint density at radius 2 is 1.81 bits per heavy atom. The van der Waals surface area contributed by atoms with Crippen molar-refractivity contribution in [1.82, 2.24) is 14.7 Å². The van der Waals surface area contributed by atoms with Crippen molar-refractivity contribution >= 4 is 17.4 Å². The number of hydrogen-bond donors (Lipinski definition) is 1. The average molecular weight is 445 g/mol. The maximum Gasteiger partial charge on any atom is 0.410 e. The van der Waals surface area contributed by atoms with Crippen molar-refractivity contribution in [3.8, 4) is 0 Å². The van der Waals surface area contributed by atoms with Crippen molar-refractivity contribution in [2.45, 2.75) is 24.7 Å². The van der Waals surface area contributed by atoms with Gasteiger partial charge in [-0.15, -0.1) is 0 Å². The van der Waals surface area contributed by atoms with Crippen LogP contribution in [0.2, 0.25) is 0 Å². The van der Waals surface area contributed by atoms with Gasteiger partial charge in [0.2, 0.25) is 0 Å². The predicted molar refractivity (Wildman–Crippen MR) is 112 cm³/mol. The first-order valence-electron chi connectivity index (χ1n) is 10.5.